The maximum Gasteiger partial charge on any atom is 0.454 e. The van der Waals surface area contributed by atoms with E-state index in [-0.39, 0.29) is 6.08 Å². The fourth-order valence-electron chi connectivity index (χ4n) is 2.06. The molecule has 32 heavy (non-hydrogen) atoms. The van der Waals surface area contributed by atoms with Crippen molar-refractivity contribution in [2.24, 2.45) is 0 Å². The van der Waals surface area contributed by atoms with Crippen molar-refractivity contribution < 1.29 is 58.2 Å². The topological polar surface area (TPSA) is 43.4 Å². The monoisotopic (exact) mass is 476 g/mol. The Bertz CT molecular complexity index is 982. The van der Waals surface area contributed by atoms with Gasteiger partial charge in [-0.15, -0.1) is 0 Å². The predicted octanol–water partition coefficient (Wildman–Crippen LogP) is 5.79. The first-order chi connectivity index (χ1) is 14.5. The SMILES string of the molecule is COC(=O)/C=C(\c1cc(F)cc(F)c1)C(F)(F)F.O=C(c1cc(F)cc(F)c1)C(F)(F)F. The molecule has 0 aliphatic carbocycles. The number of carbonyl (C=O) groups excluding carboxylic acids is 2. The van der Waals surface area contributed by atoms with Crippen LogP contribution in [0.2, 0.25) is 0 Å². The molecule has 2 aromatic carbocycles. The molecule has 0 unspecified atom stereocenters. The highest BCUT2D eigenvalue weighted by molar-refractivity contribution is 6.00. The lowest BCUT2D eigenvalue weighted by Crippen LogP contribution is -2.22. The van der Waals surface area contributed by atoms with Crippen LogP contribution in [0.1, 0.15) is 15.9 Å². The highest BCUT2D eigenvalue weighted by Crippen LogP contribution is 2.34. The number of Topliss-reactive ketones (excluding diaryl/α,β-unsaturated/α-hetero) is 1. The zero-order valence-corrected chi connectivity index (χ0v) is 15.5. The fourth-order valence-corrected chi connectivity index (χ4v) is 2.06. The van der Waals surface area contributed by atoms with Crippen molar-refractivity contribution in [2.75, 3.05) is 7.11 Å². The van der Waals surface area contributed by atoms with Crippen LogP contribution in [0.15, 0.2) is 42.5 Å². The Balaban J connectivity index is 0.000000330. The van der Waals surface area contributed by atoms with E-state index in [9.17, 15) is 53.5 Å². The van der Waals surface area contributed by atoms with E-state index in [4.69, 9.17) is 0 Å². The smallest absolute Gasteiger partial charge is 0.454 e. The molecule has 0 fully saturated rings. The first-order valence-electron chi connectivity index (χ1n) is 7.95. The van der Waals surface area contributed by atoms with Gasteiger partial charge in [0.25, 0.3) is 5.78 Å². The van der Waals surface area contributed by atoms with Crippen molar-refractivity contribution in [3.05, 3.63) is 76.9 Å². The molecule has 2 rings (SSSR count). The molecule has 0 N–H and O–H groups in total. The van der Waals surface area contributed by atoms with E-state index >= 15 is 0 Å². The summed E-state index contributed by atoms with van der Waals surface area (Å²) < 4.78 is 128. The van der Waals surface area contributed by atoms with Crippen molar-refractivity contribution in [3.8, 4) is 0 Å². The number of hydrogen-bond acceptors (Lipinski definition) is 3. The average molecular weight is 476 g/mol. The number of carbonyl (C=O) groups is 2. The summed E-state index contributed by atoms with van der Waals surface area (Å²) in [6.45, 7) is 0. The summed E-state index contributed by atoms with van der Waals surface area (Å²) >= 11 is 0. The van der Waals surface area contributed by atoms with Crippen LogP contribution in [-0.2, 0) is 9.53 Å². The maximum atomic E-state index is 12.8. The highest BCUT2D eigenvalue weighted by Gasteiger charge is 2.39. The van der Waals surface area contributed by atoms with E-state index in [1.807, 2.05) is 0 Å². The van der Waals surface area contributed by atoms with Gasteiger partial charge in [-0.1, -0.05) is 0 Å². The molecule has 0 radical (unpaired) electrons. The second-order valence-corrected chi connectivity index (χ2v) is 5.72. The van der Waals surface area contributed by atoms with Crippen LogP contribution in [0.5, 0.6) is 0 Å². The van der Waals surface area contributed by atoms with Crippen molar-refractivity contribution in [2.45, 2.75) is 12.4 Å². The second-order valence-electron chi connectivity index (χ2n) is 5.72. The summed E-state index contributed by atoms with van der Waals surface area (Å²) in [4.78, 5) is 21.3. The van der Waals surface area contributed by atoms with Gasteiger partial charge in [-0.3, -0.25) is 4.79 Å². The third kappa shape index (κ3) is 8.04. The molecule has 0 aromatic heterocycles. The summed E-state index contributed by atoms with van der Waals surface area (Å²) in [6, 6.07) is 2.43. The van der Waals surface area contributed by atoms with Crippen LogP contribution in [0.4, 0.5) is 43.9 Å². The van der Waals surface area contributed by atoms with E-state index in [1.54, 1.807) is 0 Å². The average Bonchev–Trinajstić information content (AvgIpc) is 2.62. The summed E-state index contributed by atoms with van der Waals surface area (Å²) in [5.41, 5.74) is -3.31. The van der Waals surface area contributed by atoms with Gasteiger partial charge < -0.3 is 4.74 Å². The van der Waals surface area contributed by atoms with Gasteiger partial charge in [0, 0.05) is 23.8 Å². The van der Waals surface area contributed by atoms with Gasteiger partial charge in [0.05, 0.1) is 12.7 Å². The van der Waals surface area contributed by atoms with Crippen molar-refractivity contribution in [1.82, 2.24) is 0 Å². The molecule has 0 heterocycles. The van der Waals surface area contributed by atoms with E-state index in [2.05, 4.69) is 4.74 Å². The van der Waals surface area contributed by atoms with E-state index in [0.717, 1.165) is 7.11 Å². The van der Waals surface area contributed by atoms with Gasteiger partial charge in [-0.2, -0.15) is 26.3 Å². The Morgan fingerprint density at radius 3 is 1.38 bits per heavy atom. The Morgan fingerprint density at radius 2 is 1.06 bits per heavy atom. The van der Waals surface area contributed by atoms with Crippen molar-refractivity contribution in [1.29, 1.82) is 0 Å². The summed E-state index contributed by atoms with van der Waals surface area (Å²) in [5, 5.41) is 0. The lowest BCUT2D eigenvalue weighted by Gasteiger charge is -2.11. The molecule has 0 aliphatic heterocycles. The summed E-state index contributed by atoms with van der Waals surface area (Å²) in [6.07, 6.45) is -9.93. The number of hydrogen-bond donors (Lipinski definition) is 0. The summed E-state index contributed by atoms with van der Waals surface area (Å²) in [7, 11) is 0.888. The Morgan fingerprint density at radius 1 is 0.688 bits per heavy atom. The van der Waals surface area contributed by atoms with Gasteiger partial charge in [-0.05, 0) is 29.8 Å². The minimum atomic E-state index is -5.12. The van der Waals surface area contributed by atoms with Crippen LogP contribution in [0.25, 0.3) is 5.57 Å². The predicted molar refractivity (Wildman–Crippen MR) is 89.1 cm³/mol. The van der Waals surface area contributed by atoms with Crippen LogP contribution in [-0.4, -0.2) is 31.2 Å². The van der Waals surface area contributed by atoms with E-state index in [0.29, 0.717) is 36.4 Å². The molecular formula is C19H10F10O3. The molecule has 13 heteroatoms. The Hall–Kier alpha value is -3.38. The first kappa shape index (κ1) is 26.7. The minimum Gasteiger partial charge on any atom is -0.466 e. The van der Waals surface area contributed by atoms with E-state index < -0.39 is 64.1 Å². The standard InChI is InChI=1S/C11H7F5O2.C8H3F5O/c1-18-10(17)5-9(11(14,15)16)6-2-7(12)4-8(13)3-6;9-5-1-4(2-6(10)3-5)7(14)8(11,12)13/h2-5H,1H3;1-3H/b9-5+;. The number of ketones is 1. The van der Waals surface area contributed by atoms with Gasteiger partial charge in [0.1, 0.15) is 23.3 Å². The quantitative estimate of drug-likeness (QED) is 0.244. The number of benzene rings is 2. The minimum absolute atomic E-state index is 0.133. The van der Waals surface area contributed by atoms with Crippen molar-refractivity contribution >= 4 is 17.3 Å². The third-order valence-electron chi connectivity index (χ3n) is 3.32. The van der Waals surface area contributed by atoms with Gasteiger partial charge in [0.2, 0.25) is 0 Å². The zero-order valence-electron chi connectivity index (χ0n) is 15.5. The lowest BCUT2D eigenvalue weighted by molar-refractivity contribution is -0.135. The van der Waals surface area contributed by atoms with Crippen LogP contribution >= 0.6 is 0 Å². The lowest BCUT2D eigenvalue weighted by atomic mass is 10.0. The van der Waals surface area contributed by atoms with Gasteiger partial charge in [-0.25, -0.2) is 22.4 Å². The normalized spacial score (nSPS) is 12.0. The largest absolute Gasteiger partial charge is 0.466 e. The number of alkyl halides is 6. The molecule has 174 valence electrons. The number of rotatable bonds is 3. The number of methoxy groups -OCH3 is 1. The molecular weight excluding hydrogens is 466 g/mol. The summed E-state index contributed by atoms with van der Waals surface area (Å²) in [5.74, 6) is -8.34. The van der Waals surface area contributed by atoms with E-state index in [1.165, 1.54) is 0 Å². The zero-order chi connectivity index (χ0) is 24.9. The molecule has 0 saturated heterocycles. The highest BCUT2D eigenvalue weighted by atomic mass is 19.4. The van der Waals surface area contributed by atoms with Gasteiger partial charge in [0.15, 0.2) is 0 Å². The fraction of sp³-hybridized carbons (Fsp3) is 0.158. The molecule has 0 spiro atoms. The second kappa shape index (κ2) is 10.3. The number of allylic oxidation sites excluding steroid dienone is 1. The molecule has 3 nitrogen and oxygen atoms in total. The van der Waals surface area contributed by atoms with Crippen LogP contribution < -0.4 is 0 Å². The number of ether oxygens (including phenoxy) is 1. The number of halogens is 10. The molecule has 0 bridgehead atoms. The maximum absolute atomic E-state index is 12.8. The van der Waals surface area contributed by atoms with Crippen LogP contribution in [0, 0.1) is 23.3 Å². The Kier molecular flexibility index (Phi) is 8.57. The first-order valence-corrected chi connectivity index (χ1v) is 7.95. The van der Waals surface area contributed by atoms with Gasteiger partial charge >= 0.3 is 18.3 Å². The van der Waals surface area contributed by atoms with Crippen molar-refractivity contribution in [3.63, 3.8) is 0 Å². The Labute approximate surface area is 172 Å². The molecule has 0 atom stereocenters. The molecule has 0 aliphatic rings. The molecule has 2 aromatic rings. The molecule has 0 saturated carbocycles. The van der Waals surface area contributed by atoms with Crippen LogP contribution in [0.3, 0.4) is 0 Å². The third-order valence-corrected chi connectivity index (χ3v) is 3.32. The molecule has 0 amide bonds. The number of esters is 1.